The van der Waals surface area contributed by atoms with Crippen molar-refractivity contribution in [1.82, 2.24) is 14.8 Å². The van der Waals surface area contributed by atoms with Crippen LogP contribution in [0.5, 0.6) is 0 Å². The summed E-state index contributed by atoms with van der Waals surface area (Å²) in [6, 6.07) is 5.03. The van der Waals surface area contributed by atoms with Crippen LogP contribution < -0.4 is 0 Å². The van der Waals surface area contributed by atoms with Crippen LogP contribution in [0.25, 0.3) is 11.4 Å². The minimum Gasteiger partial charge on any atom is -0.310 e. The molecule has 1 aromatic carbocycles. The van der Waals surface area contributed by atoms with E-state index in [2.05, 4.69) is 10.2 Å². The van der Waals surface area contributed by atoms with Gasteiger partial charge in [0.1, 0.15) is 12.1 Å². The molecule has 1 heterocycles. The lowest BCUT2D eigenvalue weighted by atomic mass is 10.2. The minimum absolute atomic E-state index is 0.341. The number of hydrogen-bond acceptors (Lipinski definition) is 2. The van der Waals surface area contributed by atoms with Crippen molar-refractivity contribution >= 4 is 11.6 Å². The van der Waals surface area contributed by atoms with E-state index in [1.807, 2.05) is 4.57 Å². The molecule has 1 aliphatic rings. The first-order valence-corrected chi connectivity index (χ1v) is 5.49. The maximum atomic E-state index is 13.7. The highest BCUT2D eigenvalue weighted by Crippen LogP contribution is 2.39. The number of halogens is 2. The summed E-state index contributed by atoms with van der Waals surface area (Å²) in [6.45, 7) is 0. The molecular formula is C11H9ClFN3. The third-order valence-corrected chi connectivity index (χ3v) is 3.01. The van der Waals surface area contributed by atoms with Crippen LogP contribution in [0, 0.1) is 5.82 Å². The van der Waals surface area contributed by atoms with E-state index in [-0.39, 0.29) is 5.82 Å². The first kappa shape index (κ1) is 9.78. The largest absolute Gasteiger partial charge is 0.310 e. The van der Waals surface area contributed by atoms with Crippen molar-refractivity contribution in [3.05, 3.63) is 35.4 Å². The van der Waals surface area contributed by atoms with Gasteiger partial charge in [0, 0.05) is 6.04 Å². The van der Waals surface area contributed by atoms with Crippen LogP contribution in [0.15, 0.2) is 24.5 Å². The van der Waals surface area contributed by atoms with Crippen molar-refractivity contribution in [2.75, 3.05) is 0 Å². The molecule has 1 saturated carbocycles. The van der Waals surface area contributed by atoms with Gasteiger partial charge in [-0.05, 0) is 25.0 Å². The van der Waals surface area contributed by atoms with Crippen molar-refractivity contribution in [3.8, 4) is 11.4 Å². The fourth-order valence-corrected chi connectivity index (χ4v) is 2.00. The molecule has 82 valence electrons. The Morgan fingerprint density at radius 2 is 2.19 bits per heavy atom. The third-order valence-electron chi connectivity index (χ3n) is 2.70. The molecule has 3 nitrogen and oxygen atoms in total. The van der Waals surface area contributed by atoms with E-state index >= 15 is 0 Å². The summed E-state index contributed by atoms with van der Waals surface area (Å²) in [6.07, 6.45) is 3.82. The van der Waals surface area contributed by atoms with E-state index in [1.54, 1.807) is 18.5 Å². The molecule has 1 aromatic heterocycles. The zero-order valence-electron chi connectivity index (χ0n) is 8.40. The molecule has 2 aromatic rings. The van der Waals surface area contributed by atoms with Gasteiger partial charge >= 0.3 is 0 Å². The molecule has 0 amide bonds. The molecule has 0 unspecified atom stereocenters. The summed E-state index contributed by atoms with van der Waals surface area (Å²) in [5.41, 5.74) is 0.341. The van der Waals surface area contributed by atoms with E-state index in [1.165, 1.54) is 6.07 Å². The summed E-state index contributed by atoms with van der Waals surface area (Å²) in [7, 11) is 0. The fraction of sp³-hybridized carbons (Fsp3) is 0.273. The van der Waals surface area contributed by atoms with Crippen molar-refractivity contribution in [1.29, 1.82) is 0 Å². The number of rotatable bonds is 2. The second kappa shape index (κ2) is 3.56. The van der Waals surface area contributed by atoms with Gasteiger partial charge in [0.05, 0.1) is 10.6 Å². The van der Waals surface area contributed by atoms with E-state index < -0.39 is 0 Å². The van der Waals surface area contributed by atoms with Crippen LogP contribution in [0.4, 0.5) is 4.39 Å². The summed E-state index contributed by atoms with van der Waals surface area (Å²) >= 11 is 6.00. The monoisotopic (exact) mass is 237 g/mol. The zero-order chi connectivity index (χ0) is 11.1. The highest BCUT2D eigenvalue weighted by Gasteiger charge is 2.28. The Kier molecular flexibility index (Phi) is 2.17. The maximum Gasteiger partial charge on any atom is 0.168 e. The van der Waals surface area contributed by atoms with E-state index in [4.69, 9.17) is 11.6 Å². The molecule has 5 heteroatoms. The Bertz CT molecular complexity index is 514. The molecule has 0 N–H and O–H groups in total. The standard InChI is InChI=1S/C11H9ClFN3/c12-8-2-1-3-9(13)10(8)11-15-14-6-16(11)7-4-5-7/h1-3,6-7H,4-5H2. The normalized spacial score (nSPS) is 15.4. The lowest BCUT2D eigenvalue weighted by Gasteiger charge is -2.07. The van der Waals surface area contributed by atoms with Crippen LogP contribution >= 0.6 is 11.6 Å². The smallest absolute Gasteiger partial charge is 0.168 e. The first-order valence-electron chi connectivity index (χ1n) is 5.11. The Labute approximate surface area is 96.9 Å². The van der Waals surface area contributed by atoms with Gasteiger partial charge in [0.25, 0.3) is 0 Å². The van der Waals surface area contributed by atoms with Crippen molar-refractivity contribution in [2.24, 2.45) is 0 Å². The van der Waals surface area contributed by atoms with Crippen molar-refractivity contribution in [2.45, 2.75) is 18.9 Å². The van der Waals surface area contributed by atoms with Gasteiger partial charge < -0.3 is 4.57 Å². The predicted molar refractivity (Wildman–Crippen MR) is 58.7 cm³/mol. The highest BCUT2D eigenvalue weighted by molar-refractivity contribution is 6.33. The molecule has 1 fully saturated rings. The third kappa shape index (κ3) is 1.50. The topological polar surface area (TPSA) is 30.7 Å². The fourth-order valence-electron chi connectivity index (χ4n) is 1.75. The number of hydrogen-bond donors (Lipinski definition) is 0. The lowest BCUT2D eigenvalue weighted by Crippen LogP contribution is -1.98. The molecule has 0 saturated heterocycles. The summed E-state index contributed by atoms with van der Waals surface area (Å²) in [5, 5.41) is 8.16. The van der Waals surface area contributed by atoms with Crippen molar-refractivity contribution < 1.29 is 4.39 Å². The van der Waals surface area contributed by atoms with Gasteiger partial charge in [0.2, 0.25) is 0 Å². The number of nitrogens with zero attached hydrogens (tertiary/aromatic N) is 3. The number of benzene rings is 1. The maximum absolute atomic E-state index is 13.7. The van der Waals surface area contributed by atoms with Gasteiger partial charge in [-0.1, -0.05) is 17.7 Å². The Hall–Kier alpha value is -1.42. The van der Waals surface area contributed by atoms with Crippen LogP contribution in [0.1, 0.15) is 18.9 Å². The average Bonchev–Trinajstić information content (AvgIpc) is 2.99. The van der Waals surface area contributed by atoms with E-state index in [0.29, 0.717) is 22.5 Å². The van der Waals surface area contributed by atoms with Crippen LogP contribution in [-0.4, -0.2) is 14.8 Å². The van der Waals surface area contributed by atoms with Crippen LogP contribution in [0.2, 0.25) is 5.02 Å². The quantitative estimate of drug-likeness (QED) is 0.804. The molecule has 0 atom stereocenters. The van der Waals surface area contributed by atoms with Gasteiger partial charge in [-0.2, -0.15) is 0 Å². The van der Waals surface area contributed by atoms with Gasteiger partial charge in [-0.15, -0.1) is 10.2 Å². The summed E-state index contributed by atoms with van der Waals surface area (Å²) in [5.74, 6) is 0.160. The SMILES string of the molecule is Fc1cccc(Cl)c1-c1nncn1C1CC1. The molecule has 0 radical (unpaired) electrons. The minimum atomic E-state index is -0.359. The van der Waals surface area contributed by atoms with Gasteiger partial charge in [0.15, 0.2) is 5.82 Å². The molecule has 0 aliphatic heterocycles. The van der Waals surface area contributed by atoms with Crippen LogP contribution in [-0.2, 0) is 0 Å². The Morgan fingerprint density at radius 3 is 2.88 bits per heavy atom. The molecule has 3 rings (SSSR count). The molecule has 0 spiro atoms. The Morgan fingerprint density at radius 1 is 1.38 bits per heavy atom. The molecular weight excluding hydrogens is 229 g/mol. The predicted octanol–water partition coefficient (Wildman–Crippen LogP) is 3.07. The second-order valence-corrected chi connectivity index (χ2v) is 4.30. The number of aromatic nitrogens is 3. The molecule has 1 aliphatic carbocycles. The average molecular weight is 238 g/mol. The van der Waals surface area contributed by atoms with Crippen molar-refractivity contribution in [3.63, 3.8) is 0 Å². The van der Waals surface area contributed by atoms with Gasteiger partial charge in [-0.3, -0.25) is 0 Å². The van der Waals surface area contributed by atoms with E-state index in [9.17, 15) is 4.39 Å². The Balaban J connectivity index is 2.17. The zero-order valence-corrected chi connectivity index (χ0v) is 9.15. The van der Waals surface area contributed by atoms with E-state index in [0.717, 1.165) is 12.8 Å². The highest BCUT2D eigenvalue weighted by atomic mass is 35.5. The lowest BCUT2D eigenvalue weighted by molar-refractivity contribution is 0.626. The molecule has 16 heavy (non-hydrogen) atoms. The summed E-state index contributed by atoms with van der Waals surface area (Å²) in [4.78, 5) is 0. The van der Waals surface area contributed by atoms with Gasteiger partial charge in [-0.25, -0.2) is 4.39 Å². The first-order chi connectivity index (χ1) is 7.77. The second-order valence-electron chi connectivity index (χ2n) is 3.89. The van der Waals surface area contributed by atoms with Crippen LogP contribution in [0.3, 0.4) is 0 Å². The summed E-state index contributed by atoms with van der Waals surface area (Å²) < 4.78 is 15.6. The molecule has 0 bridgehead atoms.